The third-order valence-corrected chi connectivity index (χ3v) is 4.37. The van der Waals surface area contributed by atoms with E-state index in [1.165, 1.54) is 18.6 Å². The van der Waals surface area contributed by atoms with E-state index < -0.39 is 0 Å². The quantitative estimate of drug-likeness (QED) is 0.769. The molecule has 0 bridgehead atoms. The number of H-pyrrole nitrogens is 1. The molecule has 1 aliphatic heterocycles. The summed E-state index contributed by atoms with van der Waals surface area (Å²) in [6, 6.07) is 7.70. The second-order valence-electron chi connectivity index (χ2n) is 6.14. The van der Waals surface area contributed by atoms with Crippen LogP contribution in [0.2, 0.25) is 0 Å². The van der Waals surface area contributed by atoms with E-state index in [9.17, 15) is 9.18 Å². The molecule has 0 spiro atoms. The molecule has 128 valence electrons. The lowest BCUT2D eigenvalue weighted by atomic mass is 10.2. The first-order chi connectivity index (χ1) is 12.2. The van der Waals surface area contributed by atoms with Crippen LogP contribution in [0.25, 0.3) is 22.6 Å². The molecular weight excluding hydrogens is 321 g/mol. The summed E-state index contributed by atoms with van der Waals surface area (Å²) in [6.45, 7) is 1.73. The summed E-state index contributed by atoms with van der Waals surface area (Å²) in [5.74, 6) is 0.0731. The molecule has 7 heteroatoms. The van der Waals surface area contributed by atoms with E-state index in [2.05, 4.69) is 20.4 Å². The molecule has 1 aliphatic rings. The van der Waals surface area contributed by atoms with Crippen LogP contribution in [0.3, 0.4) is 0 Å². The van der Waals surface area contributed by atoms with Crippen molar-refractivity contribution in [3.05, 3.63) is 47.9 Å². The number of hydrazine groups is 1. The van der Waals surface area contributed by atoms with Crippen LogP contribution < -0.4 is 5.43 Å². The SMILES string of the molecule is O=C(NN1CCCCC1)c1ccnc2nc(-c3ccc(F)cc3)[nH]c12. The number of benzene rings is 1. The van der Waals surface area contributed by atoms with Crippen molar-refractivity contribution >= 4 is 17.1 Å². The Morgan fingerprint density at radius 3 is 2.64 bits per heavy atom. The number of halogens is 1. The highest BCUT2D eigenvalue weighted by Crippen LogP contribution is 2.22. The van der Waals surface area contributed by atoms with Crippen molar-refractivity contribution in [2.75, 3.05) is 13.1 Å². The van der Waals surface area contributed by atoms with Crippen molar-refractivity contribution in [1.29, 1.82) is 0 Å². The number of hydrogen-bond donors (Lipinski definition) is 2. The first kappa shape index (κ1) is 15.7. The highest BCUT2D eigenvalue weighted by molar-refractivity contribution is 6.04. The van der Waals surface area contributed by atoms with Crippen LogP contribution in [0.15, 0.2) is 36.5 Å². The average molecular weight is 339 g/mol. The molecule has 3 heterocycles. The number of piperidine rings is 1. The number of fused-ring (bicyclic) bond motifs is 1. The lowest BCUT2D eigenvalue weighted by Crippen LogP contribution is -2.45. The lowest BCUT2D eigenvalue weighted by Gasteiger charge is -2.26. The topological polar surface area (TPSA) is 73.9 Å². The maximum atomic E-state index is 13.1. The summed E-state index contributed by atoms with van der Waals surface area (Å²) in [5.41, 5.74) is 5.23. The Morgan fingerprint density at radius 1 is 1.12 bits per heavy atom. The van der Waals surface area contributed by atoms with E-state index in [1.54, 1.807) is 24.4 Å². The molecule has 3 aromatic rings. The lowest BCUT2D eigenvalue weighted by molar-refractivity contribution is 0.0751. The third kappa shape index (κ3) is 3.23. The van der Waals surface area contributed by atoms with Gasteiger partial charge in [0, 0.05) is 24.8 Å². The monoisotopic (exact) mass is 339 g/mol. The summed E-state index contributed by atoms with van der Waals surface area (Å²) < 4.78 is 13.1. The van der Waals surface area contributed by atoms with Crippen LogP contribution in [0, 0.1) is 5.82 Å². The number of carbonyl (C=O) groups is 1. The van der Waals surface area contributed by atoms with Crippen LogP contribution in [-0.4, -0.2) is 39.0 Å². The van der Waals surface area contributed by atoms with Gasteiger partial charge in [-0.3, -0.25) is 10.2 Å². The zero-order valence-electron chi connectivity index (χ0n) is 13.6. The Hall–Kier alpha value is -2.80. The maximum Gasteiger partial charge on any atom is 0.267 e. The van der Waals surface area contributed by atoms with Gasteiger partial charge in [-0.25, -0.2) is 19.4 Å². The zero-order chi connectivity index (χ0) is 17.2. The summed E-state index contributed by atoms with van der Waals surface area (Å²) in [7, 11) is 0. The van der Waals surface area contributed by atoms with Crippen LogP contribution in [0.1, 0.15) is 29.6 Å². The Bertz CT molecular complexity index is 899. The standard InChI is InChI=1S/C18H18FN5O/c19-13-6-4-12(5-7-13)16-21-15-14(8-9-20-17(15)22-16)18(25)23-24-10-2-1-3-11-24/h4-9H,1-3,10-11H2,(H,23,25)(H,20,21,22). The Labute approximate surface area is 144 Å². The van der Waals surface area contributed by atoms with E-state index >= 15 is 0 Å². The van der Waals surface area contributed by atoms with Crippen LogP contribution in [0.5, 0.6) is 0 Å². The number of pyridine rings is 1. The first-order valence-corrected chi connectivity index (χ1v) is 8.37. The number of imidazole rings is 1. The smallest absolute Gasteiger partial charge is 0.267 e. The number of rotatable bonds is 3. The molecule has 1 amide bonds. The van der Waals surface area contributed by atoms with Gasteiger partial charge in [-0.1, -0.05) is 6.42 Å². The highest BCUT2D eigenvalue weighted by Gasteiger charge is 2.18. The van der Waals surface area contributed by atoms with E-state index in [-0.39, 0.29) is 11.7 Å². The molecule has 2 aromatic heterocycles. The summed E-state index contributed by atoms with van der Waals surface area (Å²) >= 11 is 0. The number of carbonyl (C=O) groups excluding carboxylic acids is 1. The van der Waals surface area contributed by atoms with Gasteiger partial charge in [0.2, 0.25) is 0 Å². The molecule has 0 aliphatic carbocycles. The number of nitrogens with zero attached hydrogens (tertiary/aromatic N) is 3. The minimum Gasteiger partial charge on any atom is -0.336 e. The fraction of sp³-hybridized carbons (Fsp3) is 0.278. The number of hydrogen-bond acceptors (Lipinski definition) is 4. The fourth-order valence-corrected chi connectivity index (χ4v) is 3.05. The number of nitrogens with one attached hydrogen (secondary N) is 2. The van der Waals surface area contributed by atoms with E-state index in [1.807, 2.05) is 5.01 Å². The normalized spacial score (nSPS) is 15.4. The molecule has 4 rings (SSSR count). The highest BCUT2D eigenvalue weighted by atomic mass is 19.1. The Balaban J connectivity index is 1.65. The molecule has 0 radical (unpaired) electrons. The van der Waals surface area contributed by atoms with Gasteiger partial charge in [-0.05, 0) is 43.2 Å². The number of amides is 1. The van der Waals surface area contributed by atoms with Gasteiger partial charge in [0.1, 0.15) is 11.6 Å². The van der Waals surface area contributed by atoms with E-state index in [0.717, 1.165) is 31.5 Å². The zero-order valence-corrected chi connectivity index (χ0v) is 13.6. The van der Waals surface area contributed by atoms with Gasteiger partial charge in [0.15, 0.2) is 5.65 Å². The molecule has 0 saturated carbocycles. The molecule has 1 fully saturated rings. The van der Waals surface area contributed by atoms with Gasteiger partial charge < -0.3 is 4.98 Å². The summed E-state index contributed by atoms with van der Waals surface area (Å²) in [5, 5.41) is 1.95. The van der Waals surface area contributed by atoms with Crippen molar-refractivity contribution in [1.82, 2.24) is 25.4 Å². The molecule has 6 nitrogen and oxygen atoms in total. The predicted octanol–water partition coefficient (Wildman–Crippen LogP) is 2.89. The minimum absolute atomic E-state index is 0.177. The van der Waals surface area contributed by atoms with Crippen LogP contribution in [0.4, 0.5) is 4.39 Å². The van der Waals surface area contributed by atoms with Crippen molar-refractivity contribution in [2.45, 2.75) is 19.3 Å². The van der Waals surface area contributed by atoms with Crippen molar-refractivity contribution < 1.29 is 9.18 Å². The molecule has 0 unspecified atom stereocenters. The maximum absolute atomic E-state index is 13.1. The second kappa shape index (κ2) is 6.60. The molecule has 1 saturated heterocycles. The third-order valence-electron chi connectivity index (χ3n) is 4.37. The minimum atomic E-state index is -0.306. The Morgan fingerprint density at radius 2 is 1.88 bits per heavy atom. The molecule has 1 aromatic carbocycles. The molecular formula is C18H18FN5O. The number of aromatic nitrogens is 3. The molecule has 25 heavy (non-hydrogen) atoms. The van der Waals surface area contributed by atoms with Gasteiger partial charge in [-0.2, -0.15) is 0 Å². The first-order valence-electron chi connectivity index (χ1n) is 8.37. The van der Waals surface area contributed by atoms with Crippen molar-refractivity contribution in [3.63, 3.8) is 0 Å². The predicted molar refractivity (Wildman–Crippen MR) is 92.2 cm³/mol. The van der Waals surface area contributed by atoms with Gasteiger partial charge in [0.25, 0.3) is 5.91 Å². The van der Waals surface area contributed by atoms with E-state index in [4.69, 9.17) is 0 Å². The molecule has 2 N–H and O–H groups in total. The number of aromatic amines is 1. The van der Waals surface area contributed by atoms with Crippen molar-refractivity contribution in [2.24, 2.45) is 0 Å². The second-order valence-corrected chi connectivity index (χ2v) is 6.14. The Kier molecular flexibility index (Phi) is 4.15. The molecule has 0 atom stereocenters. The average Bonchev–Trinajstić information content (AvgIpc) is 3.07. The van der Waals surface area contributed by atoms with Crippen LogP contribution >= 0.6 is 0 Å². The van der Waals surface area contributed by atoms with Gasteiger partial charge in [-0.15, -0.1) is 0 Å². The summed E-state index contributed by atoms with van der Waals surface area (Å²) in [6.07, 6.45) is 4.95. The van der Waals surface area contributed by atoms with Gasteiger partial charge in [0.05, 0.1) is 11.1 Å². The largest absolute Gasteiger partial charge is 0.336 e. The van der Waals surface area contributed by atoms with Crippen molar-refractivity contribution in [3.8, 4) is 11.4 Å². The van der Waals surface area contributed by atoms with E-state index in [0.29, 0.717) is 22.6 Å². The van der Waals surface area contributed by atoms with Gasteiger partial charge >= 0.3 is 0 Å². The van der Waals surface area contributed by atoms with Crippen LogP contribution in [-0.2, 0) is 0 Å². The fourth-order valence-electron chi connectivity index (χ4n) is 3.05. The summed E-state index contributed by atoms with van der Waals surface area (Å²) in [4.78, 5) is 24.4.